The van der Waals surface area contributed by atoms with E-state index >= 15 is 0 Å². The van der Waals surface area contributed by atoms with Gasteiger partial charge in [-0.05, 0) is 70.6 Å². The zero-order valence-electron chi connectivity index (χ0n) is 35.4. The molecule has 0 spiro atoms. The molecule has 0 saturated heterocycles. The number of rotatable bonds is 38. The number of unbranched alkanes of at least 4 members (excludes halogenated alkanes) is 14. The van der Waals surface area contributed by atoms with E-state index in [1.807, 2.05) is 6.08 Å². The zero-order valence-corrected chi connectivity index (χ0v) is 35.4. The van der Waals surface area contributed by atoms with E-state index in [9.17, 15) is 14.4 Å². The van der Waals surface area contributed by atoms with E-state index in [2.05, 4.69) is 93.7 Å². The van der Waals surface area contributed by atoms with Gasteiger partial charge < -0.3 is 14.2 Å². The molecule has 6 nitrogen and oxygen atoms in total. The molecule has 0 bridgehead atoms. The van der Waals surface area contributed by atoms with Gasteiger partial charge in [0.05, 0.1) is 6.42 Å². The van der Waals surface area contributed by atoms with Crippen molar-refractivity contribution in [3.8, 4) is 0 Å². The van der Waals surface area contributed by atoms with Gasteiger partial charge in [0.1, 0.15) is 13.2 Å². The summed E-state index contributed by atoms with van der Waals surface area (Å²) in [6.45, 7) is 6.25. The van der Waals surface area contributed by atoms with Crippen LogP contribution in [0, 0.1) is 0 Å². The fourth-order valence-corrected chi connectivity index (χ4v) is 5.67. The van der Waals surface area contributed by atoms with E-state index in [1.54, 1.807) is 6.08 Å². The van der Waals surface area contributed by atoms with Crippen LogP contribution in [0.4, 0.5) is 0 Å². The highest BCUT2D eigenvalue weighted by atomic mass is 16.6. The lowest BCUT2D eigenvalue weighted by Crippen LogP contribution is -2.30. The van der Waals surface area contributed by atoms with Crippen molar-refractivity contribution in [1.82, 2.24) is 0 Å². The maximum atomic E-state index is 12.6. The van der Waals surface area contributed by atoms with E-state index in [-0.39, 0.29) is 31.6 Å². The number of esters is 3. The van der Waals surface area contributed by atoms with Gasteiger partial charge in [-0.1, -0.05) is 183 Å². The fourth-order valence-electron chi connectivity index (χ4n) is 5.67. The van der Waals surface area contributed by atoms with Gasteiger partial charge in [0.25, 0.3) is 0 Å². The van der Waals surface area contributed by atoms with Crippen LogP contribution in [0.25, 0.3) is 0 Å². The van der Waals surface area contributed by atoms with Crippen molar-refractivity contribution < 1.29 is 28.6 Å². The molecule has 55 heavy (non-hydrogen) atoms. The van der Waals surface area contributed by atoms with E-state index < -0.39 is 12.1 Å². The van der Waals surface area contributed by atoms with Crippen LogP contribution in [0.15, 0.2) is 85.1 Å². The maximum Gasteiger partial charge on any atom is 0.310 e. The SMILES string of the molecule is CC/C=C\C/C=C\C/C=C\C/C=C\CCCCCCCCC(=O)OCC(COC(=O)CCCCCCCCCCC)OC(=O)C/C=C\C/C=C\C/C=C\CC. The van der Waals surface area contributed by atoms with Crippen LogP contribution in [0.2, 0.25) is 0 Å². The molecule has 0 aliphatic rings. The molecule has 1 unspecified atom stereocenters. The summed E-state index contributed by atoms with van der Waals surface area (Å²) >= 11 is 0. The van der Waals surface area contributed by atoms with E-state index in [1.165, 1.54) is 51.4 Å². The smallest absolute Gasteiger partial charge is 0.310 e. The van der Waals surface area contributed by atoms with Crippen molar-refractivity contribution in [2.75, 3.05) is 13.2 Å². The molecule has 0 rings (SSSR count). The molecule has 0 aliphatic carbocycles. The van der Waals surface area contributed by atoms with Crippen LogP contribution in [0.1, 0.15) is 188 Å². The average molecular weight is 765 g/mol. The van der Waals surface area contributed by atoms with Crippen LogP contribution in [-0.4, -0.2) is 37.2 Å². The number of carbonyl (C=O) groups excluding carboxylic acids is 3. The van der Waals surface area contributed by atoms with Gasteiger partial charge in [-0.2, -0.15) is 0 Å². The molecule has 0 radical (unpaired) electrons. The number of allylic oxidation sites excluding steroid dienone is 13. The zero-order chi connectivity index (χ0) is 40.1. The molecule has 1 atom stereocenters. The minimum Gasteiger partial charge on any atom is -0.462 e. The second kappa shape index (κ2) is 43.3. The molecule has 312 valence electrons. The van der Waals surface area contributed by atoms with Gasteiger partial charge >= 0.3 is 17.9 Å². The molecular formula is C49H80O6. The number of hydrogen-bond acceptors (Lipinski definition) is 6. The lowest BCUT2D eigenvalue weighted by molar-refractivity contribution is -0.166. The summed E-state index contributed by atoms with van der Waals surface area (Å²) < 4.78 is 16.5. The van der Waals surface area contributed by atoms with Crippen molar-refractivity contribution in [2.24, 2.45) is 0 Å². The third-order valence-corrected chi connectivity index (χ3v) is 8.93. The Morgan fingerprint density at radius 1 is 0.400 bits per heavy atom. The number of carbonyl (C=O) groups is 3. The fraction of sp³-hybridized carbons (Fsp3) is 0.653. The molecular weight excluding hydrogens is 685 g/mol. The second-order valence-electron chi connectivity index (χ2n) is 14.2. The van der Waals surface area contributed by atoms with Crippen molar-refractivity contribution in [3.05, 3.63) is 85.1 Å². The third kappa shape index (κ3) is 41.6. The van der Waals surface area contributed by atoms with E-state index in [0.717, 1.165) is 96.3 Å². The summed E-state index contributed by atoms with van der Waals surface area (Å²) in [5.41, 5.74) is 0. The molecule has 0 heterocycles. The first-order valence-corrected chi connectivity index (χ1v) is 22.1. The van der Waals surface area contributed by atoms with Crippen LogP contribution >= 0.6 is 0 Å². The molecule has 0 saturated carbocycles. The lowest BCUT2D eigenvalue weighted by Gasteiger charge is -2.18. The Bertz CT molecular complexity index is 1110. The van der Waals surface area contributed by atoms with Crippen LogP contribution in [-0.2, 0) is 28.6 Å². The molecule has 0 aliphatic heterocycles. The highest BCUT2D eigenvalue weighted by molar-refractivity contribution is 5.72. The van der Waals surface area contributed by atoms with Crippen molar-refractivity contribution in [3.63, 3.8) is 0 Å². The molecule has 0 aromatic heterocycles. The first kappa shape index (κ1) is 51.6. The summed E-state index contributed by atoms with van der Waals surface area (Å²) in [6.07, 6.45) is 54.6. The second-order valence-corrected chi connectivity index (χ2v) is 14.2. The van der Waals surface area contributed by atoms with E-state index in [4.69, 9.17) is 14.2 Å². The Morgan fingerprint density at radius 2 is 0.764 bits per heavy atom. The number of hydrogen-bond donors (Lipinski definition) is 0. The standard InChI is InChI=1S/C49H80O6/c1-4-7-10-13-16-19-20-21-22-23-24-25-26-27-28-31-33-36-39-42-48(51)54-45-46(55-49(52)43-40-37-34-30-18-15-12-9-6-3)44-53-47(50)41-38-35-32-29-17-14-11-8-5-2/h7,9-10,12,16,18-19,21-22,24-25,30,37,40,46H,4-6,8,11,13-15,17,20,23,26-29,31-36,38-39,41-45H2,1-3H3/b10-7-,12-9-,19-16-,22-21-,25-24-,30-18-,40-37-. The Hall–Kier alpha value is -3.41. The Morgan fingerprint density at radius 3 is 1.20 bits per heavy atom. The van der Waals surface area contributed by atoms with Gasteiger partial charge in [0, 0.05) is 12.8 Å². The molecule has 0 amide bonds. The number of ether oxygens (including phenoxy) is 3. The Labute approximate surface area is 337 Å². The average Bonchev–Trinajstić information content (AvgIpc) is 3.18. The Balaban J connectivity index is 4.37. The van der Waals surface area contributed by atoms with Gasteiger partial charge in [-0.25, -0.2) is 0 Å². The summed E-state index contributed by atoms with van der Waals surface area (Å²) in [6, 6.07) is 0. The van der Waals surface area contributed by atoms with Crippen molar-refractivity contribution in [1.29, 1.82) is 0 Å². The van der Waals surface area contributed by atoms with Crippen molar-refractivity contribution in [2.45, 2.75) is 194 Å². The highest BCUT2D eigenvalue weighted by Crippen LogP contribution is 2.12. The van der Waals surface area contributed by atoms with Gasteiger partial charge in [-0.3, -0.25) is 14.4 Å². The minimum absolute atomic E-state index is 0.101. The topological polar surface area (TPSA) is 78.9 Å². The minimum atomic E-state index is -0.827. The quantitative estimate of drug-likeness (QED) is 0.0270. The summed E-state index contributed by atoms with van der Waals surface area (Å²) in [5.74, 6) is -1.07. The first-order chi connectivity index (χ1) is 27.0. The normalized spacial score (nSPS) is 12.9. The third-order valence-electron chi connectivity index (χ3n) is 8.93. The molecule has 0 fully saturated rings. The first-order valence-electron chi connectivity index (χ1n) is 22.1. The maximum absolute atomic E-state index is 12.6. The highest BCUT2D eigenvalue weighted by Gasteiger charge is 2.19. The van der Waals surface area contributed by atoms with Gasteiger partial charge in [-0.15, -0.1) is 0 Å². The van der Waals surface area contributed by atoms with Gasteiger partial charge in [0.15, 0.2) is 6.10 Å². The molecule has 0 aromatic carbocycles. The van der Waals surface area contributed by atoms with Crippen molar-refractivity contribution >= 4 is 17.9 Å². The molecule has 6 heteroatoms. The lowest BCUT2D eigenvalue weighted by atomic mass is 10.1. The van der Waals surface area contributed by atoms with E-state index in [0.29, 0.717) is 12.8 Å². The predicted molar refractivity (Wildman–Crippen MR) is 233 cm³/mol. The van der Waals surface area contributed by atoms with Gasteiger partial charge in [0.2, 0.25) is 0 Å². The monoisotopic (exact) mass is 765 g/mol. The van der Waals surface area contributed by atoms with Crippen LogP contribution in [0.5, 0.6) is 0 Å². The van der Waals surface area contributed by atoms with Crippen LogP contribution in [0.3, 0.4) is 0 Å². The summed E-state index contributed by atoms with van der Waals surface area (Å²) in [4.78, 5) is 37.5. The summed E-state index contributed by atoms with van der Waals surface area (Å²) in [7, 11) is 0. The molecule has 0 N–H and O–H groups in total. The summed E-state index contributed by atoms with van der Waals surface area (Å²) in [5, 5.41) is 0. The Kier molecular flexibility index (Phi) is 40.6. The largest absolute Gasteiger partial charge is 0.462 e. The predicted octanol–water partition coefficient (Wildman–Crippen LogP) is 14.1. The molecule has 0 aromatic rings. The van der Waals surface area contributed by atoms with Crippen LogP contribution < -0.4 is 0 Å².